The number of carboxylic acid groups (broad SMARTS) is 1. The van der Waals surface area contributed by atoms with Crippen LogP contribution in [0.4, 0.5) is 0 Å². The van der Waals surface area contributed by atoms with Gasteiger partial charge >= 0.3 is 5.97 Å². The monoisotopic (exact) mass is 237 g/mol. The first-order valence-electron chi connectivity index (χ1n) is 5.05. The van der Waals surface area contributed by atoms with E-state index in [2.05, 4.69) is 0 Å². The molecule has 0 radical (unpaired) electrons. The zero-order valence-corrected chi connectivity index (χ0v) is 10.1. The molecule has 0 aromatic rings. The highest BCUT2D eigenvalue weighted by molar-refractivity contribution is 7.91. The highest BCUT2D eigenvalue weighted by atomic mass is 32.2. The van der Waals surface area contributed by atoms with E-state index in [9.17, 15) is 13.2 Å². The van der Waals surface area contributed by atoms with Crippen LogP contribution >= 0.6 is 0 Å². The molecule has 5 nitrogen and oxygen atoms in total. The van der Waals surface area contributed by atoms with E-state index in [1.807, 2.05) is 13.8 Å². The van der Waals surface area contributed by atoms with Crippen molar-refractivity contribution in [3.63, 3.8) is 0 Å². The Bertz CT molecular complexity index is 286. The van der Waals surface area contributed by atoms with Crippen LogP contribution in [-0.4, -0.2) is 55.5 Å². The number of carboxylic acids is 1. The van der Waals surface area contributed by atoms with Crippen LogP contribution < -0.4 is 0 Å². The van der Waals surface area contributed by atoms with Crippen LogP contribution in [0.3, 0.4) is 0 Å². The molecule has 6 heteroatoms. The number of hydrogen-bond donors (Lipinski definition) is 1. The molecule has 0 aliphatic carbocycles. The smallest absolute Gasteiger partial charge is 0.317 e. The number of rotatable bonds is 8. The summed E-state index contributed by atoms with van der Waals surface area (Å²) in [5, 5.41) is 8.56. The van der Waals surface area contributed by atoms with Crippen LogP contribution in [0.2, 0.25) is 0 Å². The van der Waals surface area contributed by atoms with Crippen LogP contribution in [0.1, 0.15) is 20.3 Å². The molecular weight excluding hydrogens is 218 g/mol. The maximum Gasteiger partial charge on any atom is 0.317 e. The van der Waals surface area contributed by atoms with Gasteiger partial charge in [0.1, 0.15) is 0 Å². The zero-order chi connectivity index (χ0) is 11.9. The molecule has 0 bridgehead atoms. The quantitative estimate of drug-likeness (QED) is 0.653. The average Bonchev–Trinajstić information content (AvgIpc) is 2.11. The summed E-state index contributed by atoms with van der Waals surface area (Å²) < 4.78 is 22.7. The van der Waals surface area contributed by atoms with Crippen molar-refractivity contribution >= 4 is 15.8 Å². The van der Waals surface area contributed by atoms with Gasteiger partial charge in [-0.1, -0.05) is 13.8 Å². The maximum absolute atomic E-state index is 11.4. The third-order valence-electron chi connectivity index (χ3n) is 2.04. The van der Waals surface area contributed by atoms with E-state index < -0.39 is 15.8 Å². The maximum atomic E-state index is 11.4. The van der Waals surface area contributed by atoms with Crippen molar-refractivity contribution in [2.24, 2.45) is 0 Å². The van der Waals surface area contributed by atoms with Gasteiger partial charge in [0.15, 0.2) is 9.84 Å². The lowest BCUT2D eigenvalue weighted by Crippen LogP contribution is -2.34. The molecule has 0 saturated heterocycles. The third kappa shape index (κ3) is 7.33. The molecule has 0 aromatic heterocycles. The largest absolute Gasteiger partial charge is 0.480 e. The number of aliphatic carboxylic acids is 1. The molecule has 15 heavy (non-hydrogen) atoms. The summed E-state index contributed by atoms with van der Waals surface area (Å²) in [4.78, 5) is 12.0. The topological polar surface area (TPSA) is 74.7 Å². The van der Waals surface area contributed by atoms with E-state index in [0.717, 1.165) is 0 Å². The Labute approximate surface area is 91.0 Å². The normalized spacial score (nSPS) is 11.9. The molecule has 0 atom stereocenters. The second-order valence-electron chi connectivity index (χ2n) is 3.41. The molecule has 0 heterocycles. The molecule has 0 aromatic carbocycles. The predicted molar refractivity (Wildman–Crippen MR) is 58.7 cm³/mol. The fourth-order valence-corrected chi connectivity index (χ4v) is 2.58. The second kappa shape index (κ2) is 6.79. The Kier molecular flexibility index (Phi) is 6.51. The Hall–Kier alpha value is -0.620. The minimum atomic E-state index is -3.01. The summed E-state index contributed by atoms with van der Waals surface area (Å²) in [5.74, 6) is -0.704. The molecule has 0 aliphatic rings. The molecule has 0 fully saturated rings. The van der Waals surface area contributed by atoms with Gasteiger partial charge in [0, 0.05) is 12.3 Å². The lowest BCUT2D eigenvalue weighted by Gasteiger charge is -2.17. The van der Waals surface area contributed by atoms with Crippen LogP contribution in [0.25, 0.3) is 0 Å². The minimum Gasteiger partial charge on any atom is -0.480 e. The van der Waals surface area contributed by atoms with Crippen molar-refractivity contribution in [1.29, 1.82) is 0 Å². The summed E-state index contributed by atoms with van der Waals surface area (Å²) >= 11 is 0. The highest BCUT2D eigenvalue weighted by Gasteiger charge is 2.13. The Balaban J connectivity index is 4.05. The van der Waals surface area contributed by atoms with Gasteiger partial charge in [-0.25, -0.2) is 8.42 Å². The summed E-state index contributed by atoms with van der Waals surface area (Å²) in [5.41, 5.74) is 0. The van der Waals surface area contributed by atoms with Crippen LogP contribution in [0, 0.1) is 0 Å². The Morgan fingerprint density at radius 1 is 1.27 bits per heavy atom. The predicted octanol–water partition coefficient (Wildman–Crippen LogP) is 0.218. The first-order chi connectivity index (χ1) is 6.91. The molecule has 90 valence electrons. The number of sulfone groups is 1. The summed E-state index contributed by atoms with van der Waals surface area (Å²) in [6.45, 7) is 4.37. The molecule has 0 rings (SSSR count). The minimum absolute atomic E-state index is 0.0436. The third-order valence-corrected chi connectivity index (χ3v) is 3.87. The number of carbonyl (C=O) groups is 1. The fourth-order valence-electron chi connectivity index (χ4n) is 1.22. The number of nitrogens with zero attached hydrogens (tertiary/aromatic N) is 1. The van der Waals surface area contributed by atoms with Crippen molar-refractivity contribution in [3.8, 4) is 0 Å². The van der Waals surface area contributed by atoms with Crippen LogP contribution in [-0.2, 0) is 14.6 Å². The zero-order valence-electron chi connectivity index (χ0n) is 9.27. The van der Waals surface area contributed by atoms with E-state index in [1.54, 1.807) is 4.90 Å². The van der Waals surface area contributed by atoms with Gasteiger partial charge in [0.2, 0.25) is 0 Å². The molecule has 0 aliphatic heterocycles. The Morgan fingerprint density at radius 2 is 1.87 bits per heavy atom. The van der Waals surface area contributed by atoms with E-state index >= 15 is 0 Å². The van der Waals surface area contributed by atoms with Crippen molar-refractivity contribution in [2.75, 3.05) is 31.1 Å². The summed E-state index contributed by atoms with van der Waals surface area (Å²) in [6, 6.07) is 0. The van der Waals surface area contributed by atoms with Gasteiger partial charge < -0.3 is 5.11 Å². The SMILES string of the molecule is CCCS(=O)(=O)CCN(CC)CC(=O)O. The second-order valence-corrected chi connectivity index (χ2v) is 5.72. The van der Waals surface area contributed by atoms with Crippen LogP contribution in [0.15, 0.2) is 0 Å². The van der Waals surface area contributed by atoms with Crippen molar-refractivity contribution in [3.05, 3.63) is 0 Å². The Morgan fingerprint density at radius 3 is 2.27 bits per heavy atom. The molecule has 1 N–H and O–H groups in total. The van der Waals surface area contributed by atoms with Gasteiger partial charge in [-0.2, -0.15) is 0 Å². The molecule has 0 spiro atoms. The van der Waals surface area contributed by atoms with Gasteiger partial charge in [0.25, 0.3) is 0 Å². The summed E-state index contributed by atoms with van der Waals surface area (Å²) in [6.07, 6.45) is 0.605. The van der Waals surface area contributed by atoms with Crippen LogP contribution in [0.5, 0.6) is 0 Å². The van der Waals surface area contributed by atoms with Crippen molar-refractivity contribution in [1.82, 2.24) is 4.90 Å². The van der Waals surface area contributed by atoms with Gasteiger partial charge in [-0.05, 0) is 13.0 Å². The number of hydrogen-bond acceptors (Lipinski definition) is 4. The average molecular weight is 237 g/mol. The van der Waals surface area contributed by atoms with E-state index in [0.29, 0.717) is 19.5 Å². The lowest BCUT2D eigenvalue weighted by molar-refractivity contribution is -0.138. The molecule has 0 saturated carbocycles. The fraction of sp³-hybridized carbons (Fsp3) is 0.889. The van der Waals surface area contributed by atoms with Gasteiger partial charge in [-0.3, -0.25) is 9.69 Å². The van der Waals surface area contributed by atoms with Crippen molar-refractivity contribution in [2.45, 2.75) is 20.3 Å². The van der Waals surface area contributed by atoms with Gasteiger partial charge in [0.05, 0.1) is 12.3 Å². The molecule has 0 unspecified atom stereocenters. The van der Waals surface area contributed by atoms with E-state index in [1.165, 1.54) is 0 Å². The van der Waals surface area contributed by atoms with Crippen molar-refractivity contribution < 1.29 is 18.3 Å². The van der Waals surface area contributed by atoms with Gasteiger partial charge in [-0.15, -0.1) is 0 Å². The molecular formula is C9H19NO4S. The van der Waals surface area contributed by atoms with E-state index in [-0.39, 0.29) is 18.1 Å². The standard InChI is InChI=1S/C9H19NO4S/c1-3-6-15(13,14)7-5-10(4-2)8-9(11)12/h3-8H2,1-2H3,(H,11,12). The number of likely N-dealkylation sites (N-methyl/N-ethyl adjacent to an activating group) is 1. The first kappa shape index (κ1) is 14.4. The highest BCUT2D eigenvalue weighted by Crippen LogP contribution is 1.96. The van der Waals surface area contributed by atoms with E-state index in [4.69, 9.17) is 5.11 Å². The summed E-state index contributed by atoms with van der Waals surface area (Å²) in [7, 11) is -3.01. The molecule has 0 amide bonds. The lowest BCUT2D eigenvalue weighted by atomic mass is 10.5. The first-order valence-corrected chi connectivity index (χ1v) is 6.88.